The lowest BCUT2D eigenvalue weighted by Crippen LogP contribution is -2.30. The normalized spacial score (nSPS) is 13.2. The molecule has 0 spiro atoms. The van der Waals surface area contributed by atoms with E-state index < -0.39 is 0 Å². The number of carbonyl (C=O) groups is 3. The number of anilines is 1. The maximum atomic E-state index is 12.8. The molecule has 1 heterocycles. The fourth-order valence-electron chi connectivity index (χ4n) is 2.70. The molecule has 0 aliphatic carbocycles. The van der Waals surface area contributed by atoms with Crippen LogP contribution in [0.15, 0.2) is 48.5 Å². The number of para-hydroxylation sites is 1. The molecule has 23 heavy (non-hydrogen) atoms. The van der Waals surface area contributed by atoms with Crippen LogP contribution in [0.2, 0.25) is 0 Å². The molecule has 5 heteroatoms. The second-order valence-corrected chi connectivity index (χ2v) is 5.31. The van der Waals surface area contributed by atoms with Gasteiger partial charge in [-0.2, -0.15) is 0 Å². The van der Waals surface area contributed by atoms with Crippen molar-refractivity contribution in [1.29, 1.82) is 0 Å². The molecule has 3 rings (SSSR count). The molecular formula is C18H16N2O3. The van der Waals surface area contributed by atoms with E-state index >= 15 is 0 Å². The summed E-state index contributed by atoms with van der Waals surface area (Å²) in [5, 5.41) is 0. The third kappa shape index (κ3) is 2.40. The number of carbonyl (C=O) groups excluding carboxylic acids is 3. The van der Waals surface area contributed by atoms with Crippen molar-refractivity contribution in [3.8, 4) is 0 Å². The Morgan fingerprint density at radius 2 is 1.65 bits per heavy atom. The minimum absolute atomic E-state index is 0.198. The van der Waals surface area contributed by atoms with Gasteiger partial charge in [0.05, 0.1) is 11.1 Å². The van der Waals surface area contributed by atoms with Gasteiger partial charge in [0.1, 0.15) is 0 Å². The highest BCUT2D eigenvalue weighted by molar-refractivity contribution is 6.22. The monoisotopic (exact) mass is 308 g/mol. The van der Waals surface area contributed by atoms with Crippen LogP contribution in [0.4, 0.5) is 5.69 Å². The Balaban J connectivity index is 1.98. The number of amides is 3. The van der Waals surface area contributed by atoms with E-state index in [1.54, 1.807) is 17.0 Å². The molecule has 2 aromatic carbocycles. The Kier molecular flexibility index (Phi) is 3.70. The highest BCUT2D eigenvalue weighted by Gasteiger charge is 2.33. The average Bonchev–Trinajstić information content (AvgIpc) is 2.80. The van der Waals surface area contributed by atoms with Gasteiger partial charge in [0.15, 0.2) is 0 Å². The molecule has 0 saturated heterocycles. The van der Waals surface area contributed by atoms with E-state index in [9.17, 15) is 14.4 Å². The maximum Gasteiger partial charge on any atom is 0.261 e. The van der Waals surface area contributed by atoms with Gasteiger partial charge in [-0.15, -0.1) is 0 Å². The minimum Gasteiger partial charge on any atom is -0.309 e. The van der Waals surface area contributed by atoms with E-state index in [1.807, 2.05) is 37.3 Å². The summed E-state index contributed by atoms with van der Waals surface area (Å²) < 4.78 is 0. The number of nitrogens with zero attached hydrogens (tertiary/aromatic N) is 2. The number of hydrogen-bond acceptors (Lipinski definition) is 3. The summed E-state index contributed by atoms with van der Waals surface area (Å²) in [6.45, 7) is 2.40. The summed E-state index contributed by atoms with van der Waals surface area (Å²) >= 11 is 0. The summed E-state index contributed by atoms with van der Waals surface area (Å²) in [5.41, 5.74) is 1.81. The Hall–Kier alpha value is -2.95. The van der Waals surface area contributed by atoms with Crippen LogP contribution in [0, 0.1) is 0 Å². The summed E-state index contributed by atoms with van der Waals surface area (Å²) in [5.74, 6) is -0.905. The van der Waals surface area contributed by atoms with Crippen LogP contribution in [0.25, 0.3) is 0 Å². The van der Waals surface area contributed by atoms with Gasteiger partial charge in [0, 0.05) is 24.8 Å². The van der Waals surface area contributed by atoms with Crippen LogP contribution in [0.1, 0.15) is 38.0 Å². The van der Waals surface area contributed by atoms with Gasteiger partial charge in [-0.25, -0.2) is 0 Å². The van der Waals surface area contributed by atoms with Crippen LogP contribution in [-0.2, 0) is 0 Å². The lowest BCUT2D eigenvalue weighted by Gasteiger charge is -2.21. The van der Waals surface area contributed by atoms with E-state index in [4.69, 9.17) is 0 Å². The summed E-state index contributed by atoms with van der Waals surface area (Å²) in [6.07, 6.45) is 0. The van der Waals surface area contributed by atoms with Crippen molar-refractivity contribution in [3.63, 3.8) is 0 Å². The predicted molar refractivity (Wildman–Crippen MR) is 86.7 cm³/mol. The minimum atomic E-state index is -0.373. The van der Waals surface area contributed by atoms with Crippen molar-refractivity contribution in [2.45, 2.75) is 6.92 Å². The van der Waals surface area contributed by atoms with Crippen molar-refractivity contribution in [3.05, 3.63) is 65.2 Å². The Morgan fingerprint density at radius 1 is 1.00 bits per heavy atom. The lowest BCUT2D eigenvalue weighted by molar-refractivity contribution is 0.0693. The Labute approximate surface area is 134 Å². The molecule has 0 N–H and O–H groups in total. The molecule has 0 aromatic heterocycles. The number of imide groups is 1. The van der Waals surface area contributed by atoms with E-state index in [1.165, 1.54) is 13.1 Å². The van der Waals surface area contributed by atoms with Crippen molar-refractivity contribution in [2.24, 2.45) is 0 Å². The summed E-state index contributed by atoms with van der Waals surface area (Å²) in [4.78, 5) is 39.4. The fourth-order valence-corrected chi connectivity index (χ4v) is 2.70. The Morgan fingerprint density at radius 3 is 2.30 bits per heavy atom. The van der Waals surface area contributed by atoms with Gasteiger partial charge in [0.2, 0.25) is 0 Å². The summed E-state index contributed by atoms with van der Waals surface area (Å²) in [6, 6.07) is 14.0. The standard InChI is InChI=1S/C18H16N2O3/c1-3-20(13-7-5-4-6-8-13)16(21)12-9-10-14-15(11-12)18(23)19(2)17(14)22/h4-11H,3H2,1-2H3. The van der Waals surface area contributed by atoms with Crippen LogP contribution >= 0.6 is 0 Å². The van der Waals surface area contributed by atoms with E-state index in [0.717, 1.165) is 10.6 Å². The molecule has 5 nitrogen and oxygen atoms in total. The first kappa shape index (κ1) is 15.0. The molecule has 0 fully saturated rings. The zero-order chi connectivity index (χ0) is 16.6. The molecule has 0 saturated carbocycles. The van der Waals surface area contributed by atoms with Crippen molar-refractivity contribution >= 4 is 23.4 Å². The van der Waals surface area contributed by atoms with Gasteiger partial charge in [0.25, 0.3) is 17.7 Å². The second kappa shape index (κ2) is 5.68. The molecule has 0 radical (unpaired) electrons. The average molecular weight is 308 g/mol. The van der Waals surface area contributed by atoms with Crippen LogP contribution in [0.5, 0.6) is 0 Å². The topological polar surface area (TPSA) is 57.7 Å². The molecular weight excluding hydrogens is 292 g/mol. The SMILES string of the molecule is CCN(C(=O)c1ccc2c(c1)C(=O)N(C)C2=O)c1ccccc1. The highest BCUT2D eigenvalue weighted by Crippen LogP contribution is 2.24. The van der Waals surface area contributed by atoms with Crippen LogP contribution < -0.4 is 4.90 Å². The molecule has 0 unspecified atom stereocenters. The van der Waals surface area contributed by atoms with Crippen molar-refractivity contribution in [1.82, 2.24) is 4.90 Å². The quantitative estimate of drug-likeness (QED) is 0.819. The second-order valence-electron chi connectivity index (χ2n) is 5.31. The van der Waals surface area contributed by atoms with Gasteiger partial charge in [-0.05, 0) is 37.3 Å². The molecule has 0 bridgehead atoms. The van der Waals surface area contributed by atoms with Gasteiger partial charge >= 0.3 is 0 Å². The molecule has 116 valence electrons. The number of fused-ring (bicyclic) bond motifs is 1. The third-order valence-corrected chi connectivity index (χ3v) is 3.97. The predicted octanol–water partition coefficient (Wildman–Crippen LogP) is 2.58. The molecule has 1 aliphatic rings. The van der Waals surface area contributed by atoms with Crippen LogP contribution in [-0.4, -0.2) is 36.2 Å². The zero-order valence-electron chi connectivity index (χ0n) is 12.9. The first-order valence-electron chi connectivity index (χ1n) is 7.38. The van der Waals surface area contributed by atoms with E-state index in [2.05, 4.69) is 0 Å². The van der Waals surface area contributed by atoms with Crippen molar-refractivity contribution in [2.75, 3.05) is 18.5 Å². The van der Waals surface area contributed by atoms with Gasteiger partial charge in [-0.1, -0.05) is 18.2 Å². The largest absolute Gasteiger partial charge is 0.309 e. The van der Waals surface area contributed by atoms with Gasteiger partial charge < -0.3 is 4.90 Å². The lowest BCUT2D eigenvalue weighted by atomic mass is 10.0. The van der Waals surface area contributed by atoms with E-state index in [0.29, 0.717) is 17.7 Å². The fraction of sp³-hybridized carbons (Fsp3) is 0.167. The first-order chi connectivity index (χ1) is 11.0. The molecule has 2 aromatic rings. The highest BCUT2D eigenvalue weighted by atomic mass is 16.2. The number of rotatable bonds is 3. The zero-order valence-corrected chi connectivity index (χ0v) is 12.9. The third-order valence-electron chi connectivity index (χ3n) is 3.97. The summed E-state index contributed by atoms with van der Waals surface area (Å²) in [7, 11) is 1.44. The smallest absolute Gasteiger partial charge is 0.261 e. The maximum absolute atomic E-state index is 12.8. The molecule has 0 atom stereocenters. The van der Waals surface area contributed by atoms with E-state index in [-0.39, 0.29) is 23.3 Å². The van der Waals surface area contributed by atoms with Gasteiger partial charge in [-0.3, -0.25) is 19.3 Å². The number of hydrogen-bond donors (Lipinski definition) is 0. The Bertz CT molecular complexity index is 799. The number of benzene rings is 2. The van der Waals surface area contributed by atoms with Crippen molar-refractivity contribution < 1.29 is 14.4 Å². The molecule has 3 amide bonds. The van der Waals surface area contributed by atoms with Crippen LogP contribution in [0.3, 0.4) is 0 Å². The molecule has 1 aliphatic heterocycles. The first-order valence-corrected chi connectivity index (χ1v) is 7.38.